The summed E-state index contributed by atoms with van der Waals surface area (Å²) >= 11 is 0. The van der Waals surface area contributed by atoms with E-state index < -0.39 is 0 Å². The number of nitrogens with zero attached hydrogens (tertiary/aromatic N) is 2. The van der Waals surface area contributed by atoms with Crippen molar-refractivity contribution in [2.24, 2.45) is 0 Å². The van der Waals surface area contributed by atoms with Gasteiger partial charge in [0, 0.05) is 11.0 Å². The van der Waals surface area contributed by atoms with Crippen molar-refractivity contribution in [3.05, 3.63) is 36.0 Å². The van der Waals surface area contributed by atoms with E-state index in [0.29, 0.717) is 17.3 Å². The molecule has 16 heavy (non-hydrogen) atoms. The molecule has 0 unspecified atom stereocenters. The van der Waals surface area contributed by atoms with Crippen molar-refractivity contribution in [2.45, 2.75) is 26.2 Å². The summed E-state index contributed by atoms with van der Waals surface area (Å²) < 4.78 is 18.5. The molecule has 84 valence electrons. The van der Waals surface area contributed by atoms with Crippen LogP contribution in [0, 0.1) is 5.82 Å². The first-order valence-corrected chi connectivity index (χ1v) is 5.07. The van der Waals surface area contributed by atoms with E-state index in [9.17, 15) is 4.39 Å². The molecule has 3 nitrogen and oxygen atoms in total. The minimum atomic E-state index is -0.312. The first-order chi connectivity index (χ1) is 7.47. The summed E-state index contributed by atoms with van der Waals surface area (Å²) in [5, 5.41) is 7.87. The van der Waals surface area contributed by atoms with Crippen molar-refractivity contribution in [1.82, 2.24) is 10.2 Å². The summed E-state index contributed by atoms with van der Waals surface area (Å²) in [6.45, 7) is 5.95. The molecule has 0 saturated carbocycles. The van der Waals surface area contributed by atoms with Crippen LogP contribution in [0.2, 0.25) is 0 Å². The lowest BCUT2D eigenvalue weighted by Crippen LogP contribution is -2.11. The lowest BCUT2D eigenvalue weighted by Gasteiger charge is -2.10. The summed E-state index contributed by atoms with van der Waals surface area (Å²) in [6, 6.07) is 6.11. The van der Waals surface area contributed by atoms with Gasteiger partial charge in [-0.25, -0.2) is 4.39 Å². The molecule has 4 heteroatoms. The molecule has 0 aliphatic heterocycles. The fourth-order valence-corrected chi connectivity index (χ4v) is 1.26. The molecule has 1 heterocycles. The zero-order chi connectivity index (χ0) is 11.8. The molecule has 0 bridgehead atoms. The number of aromatic nitrogens is 2. The van der Waals surface area contributed by atoms with E-state index in [1.165, 1.54) is 12.1 Å². The van der Waals surface area contributed by atoms with Gasteiger partial charge in [0.25, 0.3) is 0 Å². The summed E-state index contributed by atoms with van der Waals surface area (Å²) in [5.74, 6) is 0.587. The van der Waals surface area contributed by atoms with Crippen LogP contribution in [-0.2, 0) is 5.41 Å². The molecule has 2 aromatic rings. The van der Waals surface area contributed by atoms with Crippen LogP contribution < -0.4 is 0 Å². The smallest absolute Gasteiger partial charge is 0.247 e. The monoisotopic (exact) mass is 220 g/mol. The maximum absolute atomic E-state index is 13.0. The van der Waals surface area contributed by atoms with Gasteiger partial charge in [-0.15, -0.1) is 10.2 Å². The number of rotatable bonds is 1. The van der Waals surface area contributed by atoms with E-state index in [2.05, 4.69) is 10.2 Å². The number of benzene rings is 1. The van der Waals surface area contributed by atoms with Gasteiger partial charge in [0.05, 0.1) is 0 Å². The highest BCUT2D eigenvalue weighted by atomic mass is 19.1. The normalized spacial score (nSPS) is 11.8. The quantitative estimate of drug-likeness (QED) is 0.740. The average molecular weight is 220 g/mol. The fourth-order valence-electron chi connectivity index (χ4n) is 1.26. The SMILES string of the molecule is CC(C)(C)c1nnc(-c2cccc(F)c2)o1. The Balaban J connectivity index is 2.39. The topological polar surface area (TPSA) is 38.9 Å². The van der Waals surface area contributed by atoms with Gasteiger partial charge in [-0.1, -0.05) is 26.8 Å². The van der Waals surface area contributed by atoms with Crippen molar-refractivity contribution >= 4 is 0 Å². The third-order valence-corrected chi connectivity index (χ3v) is 2.14. The van der Waals surface area contributed by atoms with Crippen molar-refractivity contribution in [2.75, 3.05) is 0 Å². The molecule has 1 aromatic heterocycles. The van der Waals surface area contributed by atoms with E-state index >= 15 is 0 Å². The van der Waals surface area contributed by atoms with Gasteiger partial charge < -0.3 is 4.42 Å². The van der Waals surface area contributed by atoms with Gasteiger partial charge in [-0.2, -0.15) is 0 Å². The van der Waals surface area contributed by atoms with Gasteiger partial charge in [-0.05, 0) is 18.2 Å². The highest BCUT2D eigenvalue weighted by Crippen LogP contribution is 2.25. The maximum atomic E-state index is 13.0. The predicted molar refractivity (Wildman–Crippen MR) is 58.4 cm³/mol. The Labute approximate surface area is 93.3 Å². The number of halogens is 1. The summed E-state index contributed by atoms with van der Waals surface area (Å²) in [6.07, 6.45) is 0. The molecule has 0 aliphatic rings. The molecule has 0 fully saturated rings. The largest absolute Gasteiger partial charge is 0.420 e. The van der Waals surface area contributed by atoms with Crippen LogP contribution in [0.1, 0.15) is 26.7 Å². The predicted octanol–water partition coefficient (Wildman–Crippen LogP) is 3.17. The van der Waals surface area contributed by atoms with Crippen molar-refractivity contribution < 1.29 is 8.81 Å². The number of hydrogen-bond donors (Lipinski definition) is 0. The maximum Gasteiger partial charge on any atom is 0.247 e. The Morgan fingerprint density at radius 3 is 2.50 bits per heavy atom. The van der Waals surface area contributed by atoms with E-state index in [1.54, 1.807) is 12.1 Å². The van der Waals surface area contributed by atoms with Crippen molar-refractivity contribution in [1.29, 1.82) is 0 Å². The first-order valence-electron chi connectivity index (χ1n) is 5.07. The van der Waals surface area contributed by atoms with Gasteiger partial charge in [0.2, 0.25) is 11.8 Å². The second kappa shape index (κ2) is 3.70. The molecule has 0 N–H and O–H groups in total. The van der Waals surface area contributed by atoms with E-state index in [-0.39, 0.29) is 11.2 Å². The van der Waals surface area contributed by atoms with Gasteiger partial charge in [0.15, 0.2) is 0 Å². The van der Waals surface area contributed by atoms with Crippen molar-refractivity contribution in [3.63, 3.8) is 0 Å². The van der Waals surface area contributed by atoms with Gasteiger partial charge in [0.1, 0.15) is 5.82 Å². The van der Waals surface area contributed by atoms with Crippen LogP contribution >= 0.6 is 0 Å². The molecule has 0 radical (unpaired) electrons. The summed E-state index contributed by atoms with van der Waals surface area (Å²) in [7, 11) is 0. The Morgan fingerprint density at radius 2 is 1.94 bits per heavy atom. The molecule has 0 amide bonds. The zero-order valence-corrected chi connectivity index (χ0v) is 9.49. The molecule has 0 atom stereocenters. The summed E-state index contributed by atoms with van der Waals surface area (Å²) in [5.41, 5.74) is 0.404. The molecular weight excluding hydrogens is 207 g/mol. The second-order valence-corrected chi connectivity index (χ2v) is 4.67. The van der Waals surface area contributed by atoms with Crippen LogP contribution in [0.15, 0.2) is 28.7 Å². The van der Waals surface area contributed by atoms with Gasteiger partial charge >= 0.3 is 0 Å². The lowest BCUT2D eigenvalue weighted by molar-refractivity contribution is 0.399. The molecule has 2 rings (SSSR count). The minimum absolute atomic E-state index is 0.196. The third-order valence-electron chi connectivity index (χ3n) is 2.14. The molecule has 0 saturated heterocycles. The Bertz CT molecular complexity index is 500. The second-order valence-electron chi connectivity index (χ2n) is 4.67. The van der Waals surface area contributed by atoms with Crippen LogP contribution in [0.25, 0.3) is 11.5 Å². The van der Waals surface area contributed by atoms with Crippen LogP contribution in [-0.4, -0.2) is 10.2 Å². The fraction of sp³-hybridized carbons (Fsp3) is 0.333. The standard InChI is InChI=1S/C12H13FN2O/c1-12(2,3)11-15-14-10(16-11)8-5-4-6-9(13)7-8/h4-7H,1-3H3. The average Bonchev–Trinajstić information content (AvgIpc) is 2.65. The minimum Gasteiger partial charge on any atom is -0.420 e. The zero-order valence-electron chi connectivity index (χ0n) is 9.49. The highest BCUT2D eigenvalue weighted by Gasteiger charge is 2.21. The highest BCUT2D eigenvalue weighted by molar-refractivity contribution is 5.52. The van der Waals surface area contributed by atoms with E-state index in [1.807, 2.05) is 20.8 Å². The third kappa shape index (κ3) is 2.10. The summed E-state index contributed by atoms with van der Waals surface area (Å²) in [4.78, 5) is 0. The van der Waals surface area contributed by atoms with Crippen LogP contribution in [0.3, 0.4) is 0 Å². The van der Waals surface area contributed by atoms with E-state index in [4.69, 9.17) is 4.42 Å². The molecular formula is C12H13FN2O. The van der Waals surface area contributed by atoms with Crippen molar-refractivity contribution in [3.8, 4) is 11.5 Å². The lowest BCUT2D eigenvalue weighted by atomic mass is 9.97. The molecule has 0 spiro atoms. The number of hydrogen-bond acceptors (Lipinski definition) is 3. The van der Waals surface area contributed by atoms with Crippen LogP contribution in [0.4, 0.5) is 4.39 Å². The Hall–Kier alpha value is -1.71. The Kier molecular flexibility index (Phi) is 2.50. The Morgan fingerprint density at radius 1 is 1.19 bits per heavy atom. The van der Waals surface area contributed by atoms with E-state index in [0.717, 1.165) is 0 Å². The molecule has 0 aliphatic carbocycles. The van der Waals surface area contributed by atoms with Gasteiger partial charge in [-0.3, -0.25) is 0 Å². The molecule has 1 aromatic carbocycles. The van der Waals surface area contributed by atoms with Crippen LogP contribution in [0.5, 0.6) is 0 Å². The first kappa shape index (κ1) is 10.8.